The van der Waals surface area contributed by atoms with Crippen molar-refractivity contribution >= 4 is 11.8 Å². The number of ether oxygens (including phenoxy) is 1. The van der Waals surface area contributed by atoms with Crippen LogP contribution in [0, 0.1) is 0 Å². The number of anilines is 1. The van der Waals surface area contributed by atoms with Crippen LogP contribution in [0.3, 0.4) is 0 Å². The van der Waals surface area contributed by atoms with Crippen LogP contribution in [0.5, 0.6) is 0 Å². The summed E-state index contributed by atoms with van der Waals surface area (Å²) in [6.45, 7) is 10.3. The number of unbranched alkanes of at least 4 members (excludes halogenated alkanes) is 2. The Bertz CT molecular complexity index is 535. The van der Waals surface area contributed by atoms with Crippen molar-refractivity contribution in [2.45, 2.75) is 65.5 Å². The maximum atomic E-state index is 12.2. The molecule has 0 aromatic heterocycles. The van der Waals surface area contributed by atoms with Gasteiger partial charge in [0.25, 0.3) is 0 Å². The first-order valence-electron chi connectivity index (χ1n) is 8.73. The molecule has 0 atom stereocenters. The van der Waals surface area contributed by atoms with Crippen LogP contribution in [0.4, 0.5) is 10.5 Å². The molecular weight excluding hydrogens is 288 g/mol. The zero-order valence-electron chi connectivity index (χ0n) is 14.9. The van der Waals surface area contributed by atoms with E-state index in [-0.39, 0.29) is 6.09 Å². The molecule has 0 saturated carbocycles. The number of rotatable bonds is 5. The average Bonchev–Trinajstić information content (AvgIpc) is 2.49. The van der Waals surface area contributed by atoms with Crippen molar-refractivity contribution in [3.63, 3.8) is 0 Å². The molecule has 1 N–H and O–H groups in total. The molecule has 1 aliphatic heterocycles. The van der Waals surface area contributed by atoms with Crippen molar-refractivity contribution in [1.82, 2.24) is 4.90 Å². The summed E-state index contributed by atoms with van der Waals surface area (Å²) in [5, 5.41) is 3.56. The van der Waals surface area contributed by atoms with E-state index in [1.54, 1.807) is 4.90 Å². The van der Waals surface area contributed by atoms with Crippen LogP contribution < -0.4 is 5.32 Å². The third kappa shape index (κ3) is 5.15. The fraction of sp³-hybridized carbons (Fsp3) is 0.632. The molecule has 0 spiro atoms. The second kappa shape index (κ2) is 7.71. The Morgan fingerprint density at radius 1 is 1.30 bits per heavy atom. The summed E-state index contributed by atoms with van der Waals surface area (Å²) in [6.07, 6.45) is 4.35. The molecule has 1 amide bonds. The van der Waals surface area contributed by atoms with E-state index < -0.39 is 5.60 Å². The van der Waals surface area contributed by atoms with Crippen LogP contribution in [-0.2, 0) is 17.7 Å². The number of benzene rings is 1. The van der Waals surface area contributed by atoms with Crippen molar-refractivity contribution < 1.29 is 9.53 Å². The lowest BCUT2D eigenvalue weighted by atomic mass is 9.98. The third-order valence-electron chi connectivity index (χ3n) is 4.01. The van der Waals surface area contributed by atoms with Crippen LogP contribution in [0.1, 0.15) is 58.1 Å². The van der Waals surface area contributed by atoms with Gasteiger partial charge in [0.05, 0.1) is 0 Å². The van der Waals surface area contributed by atoms with E-state index >= 15 is 0 Å². The van der Waals surface area contributed by atoms with E-state index in [1.165, 1.54) is 36.1 Å². The summed E-state index contributed by atoms with van der Waals surface area (Å²) < 4.78 is 5.49. The quantitative estimate of drug-likeness (QED) is 0.808. The first-order chi connectivity index (χ1) is 10.9. The topological polar surface area (TPSA) is 41.6 Å². The molecule has 2 rings (SSSR count). The van der Waals surface area contributed by atoms with Gasteiger partial charge in [-0.1, -0.05) is 31.9 Å². The molecule has 1 aliphatic rings. The van der Waals surface area contributed by atoms with E-state index in [0.717, 1.165) is 19.5 Å². The van der Waals surface area contributed by atoms with E-state index in [4.69, 9.17) is 4.74 Å². The minimum atomic E-state index is -0.444. The van der Waals surface area contributed by atoms with Gasteiger partial charge in [0.1, 0.15) is 5.60 Å². The molecule has 128 valence electrons. The fourth-order valence-corrected chi connectivity index (χ4v) is 2.86. The molecule has 1 aromatic carbocycles. The maximum Gasteiger partial charge on any atom is 0.410 e. The Morgan fingerprint density at radius 3 is 2.78 bits per heavy atom. The van der Waals surface area contributed by atoms with Crippen molar-refractivity contribution in [3.8, 4) is 0 Å². The highest BCUT2D eigenvalue weighted by Gasteiger charge is 2.26. The minimum Gasteiger partial charge on any atom is -0.444 e. The molecule has 1 aromatic rings. The van der Waals surface area contributed by atoms with Crippen molar-refractivity contribution in [1.29, 1.82) is 0 Å². The molecule has 4 heteroatoms. The Morgan fingerprint density at radius 2 is 2.09 bits per heavy atom. The Kier molecular flexibility index (Phi) is 5.91. The lowest BCUT2D eigenvalue weighted by molar-refractivity contribution is 0.0224. The van der Waals surface area contributed by atoms with Gasteiger partial charge in [-0.05, 0) is 50.8 Å². The number of hydrogen-bond donors (Lipinski definition) is 1. The molecule has 23 heavy (non-hydrogen) atoms. The SMILES string of the molecule is CCCCCNc1cccc2c1CCN(C(=O)OC(C)(C)C)C2. The maximum absolute atomic E-state index is 12.2. The van der Waals surface area contributed by atoms with Crippen LogP contribution >= 0.6 is 0 Å². The van der Waals surface area contributed by atoms with Gasteiger partial charge >= 0.3 is 6.09 Å². The largest absolute Gasteiger partial charge is 0.444 e. The number of carbonyl (C=O) groups is 1. The van der Waals surface area contributed by atoms with Crippen LogP contribution in [0.2, 0.25) is 0 Å². The number of nitrogens with zero attached hydrogens (tertiary/aromatic N) is 1. The predicted molar refractivity (Wildman–Crippen MR) is 94.8 cm³/mol. The fourth-order valence-electron chi connectivity index (χ4n) is 2.86. The van der Waals surface area contributed by atoms with E-state index in [9.17, 15) is 4.79 Å². The van der Waals surface area contributed by atoms with Crippen LogP contribution in [-0.4, -0.2) is 29.7 Å². The molecule has 0 saturated heterocycles. The van der Waals surface area contributed by atoms with E-state index in [1.807, 2.05) is 20.8 Å². The van der Waals surface area contributed by atoms with Crippen LogP contribution in [0.15, 0.2) is 18.2 Å². The molecule has 0 aliphatic carbocycles. The highest BCUT2D eigenvalue weighted by atomic mass is 16.6. The van der Waals surface area contributed by atoms with Gasteiger partial charge in [-0.15, -0.1) is 0 Å². The lowest BCUT2D eigenvalue weighted by Crippen LogP contribution is -2.40. The van der Waals surface area contributed by atoms with Gasteiger partial charge in [-0.2, -0.15) is 0 Å². The minimum absolute atomic E-state index is 0.218. The van der Waals surface area contributed by atoms with Gasteiger partial charge in [-0.3, -0.25) is 0 Å². The van der Waals surface area contributed by atoms with Gasteiger partial charge < -0.3 is 15.0 Å². The summed E-state index contributed by atoms with van der Waals surface area (Å²) in [5.74, 6) is 0. The summed E-state index contributed by atoms with van der Waals surface area (Å²) in [7, 11) is 0. The average molecular weight is 318 g/mol. The highest BCUT2D eigenvalue weighted by molar-refractivity contribution is 5.69. The standard InChI is InChI=1S/C19H30N2O2/c1-5-6-7-12-20-17-10-8-9-15-14-21(13-11-16(15)17)18(22)23-19(2,3)4/h8-10,20H,5-7,11-14H2,1-4H3. The van der Waals surface area contributed by atoms with Gasteiger partial charge in [-0.25, -0.2) is 4.79 Å². The normalized spacial score (nSPS) is 14.3. The van der Waals surface area contributed by atoms with Gasteiger partial charge in [0, 0.05) is 25.3 Å². The molecule has 4 nitrogen and oxygen atoms in total. The second-order valence-corrected chi connectivity index (χ2v) is 7.23. The summed E-state index contributed by atoms with van der Waals surface area (Å²) >= 11 is 0. The summed E-state index contributed by atoms with van der Waals surface area (Å²) in [6, 6.07) is 6.33. The Hall–Kier alpha value is -1.71. The number of nitrogens with one attached hydrogen (secondary N) is 1. The number of hydrogen-bond acceptors (Lipinski definition) is 3. The smallest absolute Gasteiger partial charge is 0.410 e. The van der Waals surface area contributed by atoms with Crippen molar-refractivity contribution in [3.05, 3.63) is 29.3 Å². The second-order valence-electron chi connectivity index (χ2n) is 7.23. The number of amides is 1. The molecular formula is C19H30N2O2. The number of fused-ring (bicyclic) bond motifs is 1. The first kappa shape index (κ1) is 17.6. The highest BCUT2D eigenvalue weighted by Crippen LogP contribution is 2.27. The van der Waals surface area contributed by atoms with E-state index in [2.05, 4.69) is 30.4 Å². The summed E-state index contributed by atoms with van der Waals surface area (Å²) in [4.78, 5) is 14.0. The molecule has 0 fully saturated rings. The molecule has 0 unspecified atom stereocenters. The monoisotopic (exact) mass is 318 g/mol. The van der Waals surface area contributed by atoms with Crippen molar-refractivity contribution in [2.24, 2.45) is 0 Å². The molecule has 0 bridgehead atoms. The third-order valence-corrected chi connectivity index (χ3v) is 4.01. The van der Waals surface area contributed by atoms with Crippen molar-refractivity contribution in [2.75, 3.05) is 18.4 Å². The first-order valence-corrected chi connectivity index (χ1v) is 8.73. The number of carbonyl (C=O) groups excluding carboxylic acids is 1. The van der Waals surface area contributed by atoms with Gasteiger partial charge in [0.15, 0.2) is 0 Å². The van der Waals surface area contributed by atoms with E-state index in [0.29, 0.717) is 6.54 Å². The Balaban J connectivity index is 2.00. The zero-order chi connectivity index (χ0) is 16.9. The lowest BCUT2D eigenvalue weighted by Gasteiger charge is -2.32. The van der Waals surface area contributed by atoms with Crippen LogP contribution in [0.25, 0.3) is 0 Å². The Labute approximate surface area is 140 Å². The molecule has 1 heterocycles. The van der Waals surface area contributed by atoms with Gasteiger partial charge in [0.2, 0.25) is 0 Å². The summed E-state index contributed by atoms with van der Waals surface area (Å²) in [5.41, 5.74) is 3.36. The zero-order valence-corrected chi connectivity index (χ0v) is 14.9. The predicted octanol–water partition coefficient (Wildman–Crippen LogP) is 4.58. The molecule has 0 radical (unpaired) electrons.